The van der Waals surface area contributed by atoms with Gasteiger partial charge in [0.25, 0.3) is 5.91 Å². The van der Waals surface area contributed by atoms with Crippen LogP contribution < -0.4 is 20.1 Å². The van der Waals surface area contributed by atoms with Gasteiger partial charge in [0.15, 0.2) is 6.61 Å². The lowest BCUT2D eigenvalue weighted by molar-refractivity contribution is -0.118. The van der Waals surface area contributed by atoms with Crippen molar-refractivity contribution < 1.29 is 14.3 Å². The predicted octanol–water partition coefficient (Wildman–Crippen LogP) is 3.93. The second-order valence-corrected chi connectivity index (χ2v) is 8.13. The molecule has 168 valence electrons. The third kappa shape index (κ3) is 5.68. The van der Waals surface area contributed by atoms with Gasteiger partial charge >= 0.3 is 0 Å². The summed E-state index contributed by atoms with van der Waals surface area (Å²) in [6, 6.07) is 15.8. The molecule has 0 saturated carbocycles. The largest absolute Gasteiger partial charge is 0.493 e. The van der Waals surface area contributed by atoms with Gasteiger partial charge in [0.05, 0.1) is 12.3 Å². The molecule has 1 atom stereocenters. The van der Waals surface area contributed by atoms with Crippen LogP contribution in [-0.2, 0) is 11.8 Å². The van der Waals surface area contributed by atoms with Crippen molar-refractivity contribution in [2.75, 3.05) is 25.1 Å². The van der Waals surface area contributed by atoms with Gasteiger partial charge in [-0.25, -0.2) is 0 Å². The summed E-state index contributed by atoms with van der Waals surface area (Å²) in [6.07, 6.45) is 5.16. The summed E-state index contributed by atoms with van der Waals surface area (Å²) in [7, 11) is 1.89. The normalized spacial score (nSPS) is 15.5. The average Bonchev–Trinajstić information content (AvgIpc) is 3.46. The maximum absolute atomic E-state index is 12.4. The number of nitrogens with zero attached hydrogens (tertiary/aromatic N) is 2. The average molecular weight is 435 g/mol. The van der Waals surface area contributed by atoms with E-state index in [9.17, 15) is 4.79 Å². The third-order valence-electron chi connectivity index (χ3n) is 5.64. The molecule has 2 heterocycles. The van der Waals surface area contributed by atoms with Crippen molar-refractivity contribution in [2.24, 2.45) is 7.05 Å². The van der Waals surface area contributed by atoms with Gasteiger partial charge in [-0.15, -0.1) is 0 Å². The van der Waals surface area contributed by atoms with Crippen molar-refractivity contribution in [3.8, 4) is 22.8 Å². The molecule has 1 fully saturated rings. The molecule has 32 heavy (non-hydrogen) atoms. The molecule has 1 aromatic heterocycles. The van der Waals surface area contributed by atoms with E-state index in [0.29, 0.717) is 24.1 Å². The second kappa shape index (κ2) is 10.3. The summed E-state index contributed by atoms with van der Waals surface area (Å²) < 4.78 is 13.5. The van der Waals surface area contributed by atoms with Crippen LogP contribution in [0, 0.1) is 6.92 Å². The Bertz CT molecular complexity index is 1040. The highest BCUT2D eigenvalue weighted by molar-refractivity contribution is 5.93. The van der Waals surface area contributed by atoms with Crippen molar-refractivity contribution in [3.63, 3.8) is 0 Å². The van der Waals surface area contributed by atoms with Crippen molar-refractivity contribution >= 4 is 11.6 Å². The van der Waals surface area contributed by atoms with Crippen LogP contribution in [0.15, 0.2) is 54.7 Å². The SMILES string of the molecule is Cc1ccc(OCC(=O)Nc2ccc(OCCC3CCCN3)c(-c3ccnn3C)c2)cc1. The summed E-state index contributed by atoms with van der Waals surface area (Å²) in [6.45, 7) is 3.68. The Morgan fingerprint density at radius 3 is 2.75 bits per heavy atom. The molecule has 7 nitrogen and oxygen atoms in total. The standard InChI is InChI=1S/C25H30N4O3/c1-18-5-8-21(9-6-18)32-17-25(30)28-20-7-10-24(31-15-12-19-4-3-13-26-19)22(16-20)23-11-14-27-29(23)2/h5-11,14,16,19,26H,3-4,12-13,15,17H2,1-2H3,(H,28,30). The van der Waals surface area contributed by atoms with Crippen molar-refractivity contribution in [2.45, 2.75) is 32.2 Å². The van der Waals surface area contributed by atoms with E-state index >= 15 is 0 Å². The number of aromatic nitrogens is 2. The number of nitrogens with one attached hydrogen (secondary N) is 2. The lowest BCUT2D eigenvalue weighted by atomic mass is 10.1. The Hall–Kier alpha value is -3.32. The van der Waals surface area contributed by atoms with Crippen LogP contribution >= 0.6 is 0 Å². The van der Waals surface area contributed by atoms with E-state index in [4.69, 9.17) is 9.47 Å². The number of ether oxygens (including phenoxy) is 2. The van der Waals surface area contributed by atoms with E-state index in [2.05, 4.69) is 15.7 Å². The number of hydrogen-bond acceptors (Lipinski definition) is 5. The first-order chi connectivity index (χ1) is 15.6. The van der Waals surface area contributed by atoms with Crippen molar-refractivity contribution in [1.29, 1.82) is 0 Å². The topological polar surface area (TPSA) is 77.4 Å². The monoisotopic (exact) mass is 434 g/mol. The fourth-order valence-electron chi connectivity index (χ4n) is 3.87. The van der Waals surface area contributed by atoms with Gasteiger partial charge in [-0.1, -0.05) is 17.7 Å². The number of carbonyl (C=O) groups excluding carboxylic acids is 1. The van der Waals surface area contributed by atoms with Gasteiger partial charge in [0.1, 0.15) is 11.5 Å². The molecule has 1 unspecified atom stereocenters. The number of benzene rings is 2. The van der Waals surface area contributed by atoms with E-state index in [0.717, 1.165) is 35.5 Å². The first-order valence-corrected chi connectivity index (χ1v) is 11.1. The van der Waals surface area contributed by atoms with Crippen LogP contribution in [0.3, 0.4) is 0 Å². The van der Waals surface area contributed by atoms with E-state index in [1.165, 1.54) is 12.8 Å². The summed E-state index contributed by atoms with van der Waals surface area (Å²) in [5.41, 5.74) is 3.64. The molecule has 7 heteroatoms. The molecule has 1 aliphatic heterocycles. The number of rotatable bonds is 9. The van der Waals surface area contributed by atoms with Crippen molar-refractivity contribution in [1.82, 2.24) is 15.1 Å². The van der Waals surface area contributed by atoms with E-state index in [1.807, 2.05) is 62.5 Å². The first-order valence-electron chi connectivity index (χ1n) is 11.1. The molecule has 1 saturated heterocycles. The van der Waals surface area contributed by atoms with Gasteiger partial charge in [-0.05, 0) is 69.1 Å². The molecule has 3 aromatic rings. The summed E-state index contributed by atoms with van der Waals surface area (Å²) in [5, 5.41) is 10.7. The highest BCUT2D eigenvalue weighted by Crippen LogP contribution is 2.32. The molecule has 1 aliphatic rings. The Morgan fingerprint density at radius 1 is 1.19 bits per heavy atom. The summed E-state index contributed by atoms with van der Waals surface area (Å²) >= 11 is 0. The lowest BCUT2D eigenvalue weighted by Crippen LogP contribution is -2.23. The molecule has 2 N–H and O–H groups in total. The third-order valence-corrected chi connectivity index (χ3v) is 5.64. The van der Waals surface area contributed by atoms with E-state index in [-0.39, 0.29) is 12.5 Å². The Kier molecular flexibility index (Phi) is 7.07. The van der Waals surface area contributed by atoms with Gasteiger partial charge in [-0.3, -0.25) is 9.48 Å². The van der Waals surface area contributed by atoms with Crippen LogP contribution in [0.5, 0.6) is 11.5 Å². The molecule has 1 amide bonds. The van der Waals surface area contributed by atoms with Crippen LogP contribution in [0.25, 0.3) is 11.3 Å². The highest BCUT2D eigenvalue weighted by Gasteiger charge is 2.16. The van der Waals surface area contributed by atoms with Crippen molar-refractivity contribution in [3.05, 3.63) is 60.3 Å². The molecule has 0 bridgehead atoms. The number of anilines is 1. The Morgan fingerprint density at radius 2 is 2.03 bits per heavy atom. The molecular weight excluding hydrogens is 404 g/mol. The smallest absolute Gasteiger partial charge is 0.262 e. The molecule has 4 rings (SSSR count). The zero-order valence-corrected chi connectivity index (χ0v) is 18.6. The maximum atomic E-state index is 12.4. The van der Waals surface area contributed by atoms with E-state index < -0.39 is 0 Å². The summed E-state index contributed by atoms with van der Waals surface area (Å²) in [4.78, 5) is 12.4. The van der Waals surface area contributed by atoms with Crippen LogP contribution in [0.4, 0.5) is 5.69 Å². The lowest BCUT2D eigenvalue weighted by Gasteiger charge is -2.16. The van der Waals surface area contributed by atoms with Crippen LogP contribution in [0.1, 0.15) is 24.8 Å². The number of amides is 1. The van der Waals surface area contributed by atoms with Gasteiger partial charge in [0, 0.05) is 30.5 Å². The van der Waals surface area contributed by atoms with E-state index in [1.54, 1.807) is 10.9 Å². The molecule has 0 spiro atoms. The maximum Gasteiger partial charge on any atom is 0.262 e. The molecular formula is C25H30N4O3. The molecule has 0 aliphatic carbocycles. The number of carbonyl (C=O) groups is 1. The molecule has 2 aromatic carbocycles. The first kappa shape index (κ1) is 21.9. The number of hydrogen-bond donors (Lipinski definition) is 2. The fraction of sp³-hybridized carbons (Fsp3) is 0.360. The number of aryl methyl sites for hydroxylation is 2. The van der Waals surface area contributed by atoms with Gasteiger partial charge < -0.3 is 20.1 Å². The van der Waals surface area contributed by atoms with Crippen LogP contribution in [-0.4, -0.2) is 41.5 Å². The zero-order chi connectivity index (χ0) is 22.3. The fourth-order valence-corrected chi connectivity index (χ4v) is 3.87. The molecule has 0 radical (unpaired) electrons. The Balaban J connectivity index is 1.42. The predicted molar refractivity (Wildman–Crippen MR) is 125 cm³/mol. The van der Waals surface area contributed by atoms with Gasteiger partial charge in [0.2, 0.25) is 0 Å². The second-order valence-electron chi connectivity index (χ2n) is 8.13. The quantitative estimate of drug-likeness (QED) is 0.534. The van der Waals surface area contributed by atoms with Crippen LogP contribution in [0.2, 0.25) is 0 Å². The zero-order valence-electron chi connectivity index (χ0n) is 18.6. The summed E-state index contributed by atoms with van der Waals surface area (Å²) in [5.74, 6) is 1.23. The minimum Gasteiger partial charge on any atom is -0.493 e. The minimum absolute atomic E-state index is 0.0588. The highest BCUT2D eigenvalue weighted by atomic mass is 16.5. The van der Waals surface area contributed by atoms with Gasteiger partial charge in [-0.2, -0.15) is 5.10 Å². The minimum atomic E-state index is -0.220. The Labute approximate surface area is 188 Å².